The van der Waals surface area contributed by atoms with Crippen molar-refractivity contribution >= 4 is 0 Å². The highest BCUT2D eigenvalue weighted by atomic mass is 16.5. The number of nitrogens with zero attached hydrogens (tertiary/aromatic N) is 1. The summed E-state index contributed by atoms with van der Waals surface area (Å²) in [7, 11) is 0. The minimum atomic E-state index is -0.210. The second kappa shape index (κ2) is 6.02. The Hall–Kier alpha value is -0.930. The topological polar surface area (TPSA) is 48.1 Å². The van der Waals surface area contributed by atoms with E-state index in [1.54, 1.807) is 0 Å². The Labute approximate surface area is 116 Å². The van der Waals surface area contributed by atoms with Gasteiger partial charge < -0.3 is 10.5 Å². The lowest BCUT2D eigenvalue weighted by Crippen LogP contribution is -2.52. The van der Waals surface area contributed by atoms with Crippen LogP contribution < -0.4 is 5.73 Å². The van der Waals surface area contributed by atoms with Crippen molar-refractivity contribution in [1.29, 1.82) is 0 Å². The van der Waals surface area contributed by atoms with Crippen LogP contribution in [0.3, 0.4) is 0 Å². The first-order valence-corrected chi connectivity index (χ1v) is 7.51. The van der Waals surface area contributed by atoms with Crippen molar-refractivity contribution in [3.63, 3.8) is 0 Å². The Kier molecular flexibility index (Phi) is 4.58. The van der Waals surface area contributed by atoms with E-state index in [9.17, 15) is 0 Å². The number of hydrogen-bond donors (Lipinski definition) is 1. The highest BCUT2D eigenvalue weighted by Crippen LogP contribution is 2.39. The molecule has 1 aliphatic rings. The van der Waals surface area contributed by atoms with E-state index in [0.717, 1.165) is 32.3 Å². The van der Waals surface area contributed by atoms with Crippen molar-refractivity contribution in [2.45, 2.75) is 64.0 Å². The number of fused-ring (bicyclic) bond motifs is 1. The molecule has 2 atom stereocenters. The smallest absolute Gasteiger partial charge is 0.0833 e. The van der Waals surface area contributed by atoms with Crippen molar-refractivity contribution in [1.82, 2.24) is 4.98 Å². The summed E-state index contributed by atoms with van der Waals surface area (Å²) < 4.78 is 6.06. The lowest BCUT2D eigenvalue weighted by atomic mass is 9.79. The minimum absolute atomic E-state index is 0.0265. The first-order valence-electron chi connectivity index (χ1n) is 7.51. The van der Waals surface area contributed by atoms with Gasteiger partial charge in [-0.2, -0.15) is 0 Å². The Morgan fingerprint density at radius 2 is 2.16 bits per heavy atom. The summed E-state index contributed by atoms with van der Waals surface area (Å²) in [4.78, 5) is 4.57. The highest BCUT2D eigenvalue weighted by Gasteiger charge is 2.42. The summed E-state index contributed by atoms with van der Waals surface area (Å²) in [6.45, 7) is 7.12. The van der Waals surface area contributed by atoms with Gasteiger partial charge in [0.25, 0.3) is 0 Å². The number of aromatic nitrogens is 1. The molecule has 2 N–H and O–H groups in total. The van der Waals surface area contributed by atoms with E-state index in [2.05, 4.69) is 24.9 Å². The zero-order valence-electron chi connectivity index (χ0n) is 12.4. The molecule has 0 fully saturated rings. The van der Waals surface area contributed by atoms with E-state index < -0.39 is 0 Å². The third kappa shape index (κ3) is 2.54. The standard InChI is InChI=1S/C16H26N2O/c1-4-16(5-2,19-6-3)15(17)13-10-9-12-8-7-11-18-14(12)13/h7-8,11,13,15H,4-6,9-10,17H2,1-3H3. The van der Waals surface area contributed by atoms with E-state index in [-0.39, 0.29) is 11.6 Å². The first kappa shape index (κ1) is 14.5. The third-order valence-electron chi connectivity index (χ3n) is 4.67. The molecular weight excluding hydrogens is 236 g/mol. The number of nitrogens with two attached hydrogens (primary N) is 1. The van der Waals surface area contributed by atoms with Crippen molar-refractivity contribution < 1.29 is 4.74 Å². The van der Waals surface area contributed by atoms with Crippen LogP contribution in [0.15, 0.2) is 18.3 Å². The van der Waals surface area contributed by atoms with E-state index in [1.807, 2.05) is 19.2 Å². The zero-order valence-corrected chi connectivity index (χ0v) is 12.4. The predicted molar refractivity (Wildman–Crippen MR) is 78.2 cm³/mol. The lowest BCUT2D eigenvalue weighted by Gasteiger charge is -2.40. The van der Waals surface area contributed by atoms with Crippen LogP contribution in [-0.4, -0.2) is 23.2 Å². The quantitative estimate of drug-likeness (QED) is 0.857. The second-order valence-corrected chi connectivity index (χ2v) is 5.42. The van der Waals surface area contributed by atoms with Gasteiger partial charge >= 0.3 is 0 Å². The van der Waals surface area contributed by atoms with Gasteiger partial charge in [0.05, 0.1) is 5.60 Å². The average Bonchev–Trinajstić information content (AvgIpc) is 2.88. The van der Waals surface area contributed by atoms with E-state index in [4.69, 9.17) is 10.5 Å². The summed E-state index contributed by atoms with van der Waals surface area (Å²) >= 11 is 0. The van der Waals surface area contributed by atoms with E-state index in [1.165, 1.54) is 11.3 Å². The van der Waals surface area contributed by atoms with Crippen LogP contribution in [0.2, 0.25) is 0 Å². The second-order valence-electron chi connectivity index (χ2n) is 5.42. The van der Waals surface area contributed by atoms with Gasteiger partial charge in [0.2, 0.25) is 0 Å². The van der Waals surface area contributed by atoms with Gasteiger partial charge in [-0.15, -0.1) is 0 Å². The highest BCUT2D eigenvalue weighted by molar-refractivity contribution is 5.30. The fourth-order valence-corrected chi connectivity index (χ4v) is 3.47. The maximum Gasteiger partial charge on any atom is 0.0833 e. The van der Waals surface area contributed by atoms with Crippen LogP contribution in [0.1, 0.15) is 57.2 Å². The number of hydrogen-bond acceptors (Lipinski definition) is 3. The summed E-state index contributed by atoms with van der Waals surface area (Å²) in [5.41, 5.74) is 8.96. The molecule has 2 rings (SSSR count). The van der Waals surface area contributed by atoms with Crippen LogP contribution in [-0.2, 0) is 11.2 Å². The summed E-state index contributed by atoms with van der Waals surface area (Å²) in [5, 5.41) is 0. The molecule has 0 saturated heterocycles. The maximum absolute atomic E-state index is 6.62. The van der Waals surface area contributed by atoms with E-state index >= 15 is 0 Å². The van der Waals surface area contributed by atoms with E-state index in [0.29, 0.717) is 5.92 Å². The molecule has 0 radical (unpaired) electrons. The minimum Gasteiger partial charge on any atom is -0.374 e. The van der Waals surface area contributed by atoms with Gasteiger partial charge in [-0.1, -0.05) is 19.9 Å². The molecule has 0 spiro atoms. The zero-order chi connectivity index (χ0) is 13.9. The lowest BCUT2D eigenvalue weighted by molar-refractivity contribution is -0.0692. The largest absolute Gasteiger partial charge is 0.374 e. The Morgan fingerprint density at radius 3 is 2.79 bits per heavy atom. The van der Waals surface area contributed by atoms with Gasteiger partial charge in [0, 0.05) is 30.5 Å². The fourth-order valence-electron chi connectivity index (χ4n) is 3.47. The number of ether oxygens (including phenoxy) is 1. The van der Waals surface area contributed by atoms with Crippen LogP contribution in [0.25, 0.3) is 0 Å². The van der Waals surface area contributed by atoms with Gasteiger partial charge in [-0.25, -0.2) is 0 Å². The number of rotatable bonds is 6. The molecule has 1 aliphatic carbocycles. The fraction of sp³-hybridized carbons (Fsp3) is 0.688. The molecule has 19 heavy (non-hydrogen) atoms. The van der Waals surface area contributed by atoms with Gasteiger partial charge in [0.15, 0.2) is 0 Å². The molecule has 3 nitrogen and oxygen atoms in total. The molecule has 0 aromatic carbocycles. The summed E-state index contributed by atoms with van der Waals surface area (Å²) in [6.07, 6.45) is 5.98. The van der Waals surface area contributed by atoms with Crippen molar-refractivity contribution in [2.24, 2.45) is 5.73 Å². The number of aryl methyl sites for hydroxylation is 1. The number of pyridine rings is 1. The molecule has 2 unspecified atom stereocenters. The molecule has 0 saturated carbocycles. The van der Waals surface area contributed by atoms with Crippen LogP contribution in [0.4, 0.5) is 0 Å². The SMILES string of the molecule is CCOC(CC)(CC)C(N)C1CCc2cccnc21. The normalized spacial score (nSPS) is 20.3. The molecule has 1 aromatic rings. The van der Waals surface area contributed by atoms with Crippen LogP contribution in [0.5, 0.6) is 0 Å². The molecule has 106 valence electrons. The Bertz CT molecular complexity index is 415. The Balaban J connectivity index is 2.26. The van der Waals surface area contributed by atoms with Crippen LogP contribution in [0, 0.1) is 0 Å². The molecule has 0 amide bonds. The Morgan fingerprint density at radius 1 is 1.42 bits per heavy atom. The molecular formula is C16H26N2O. The molecule has 0 bridgehead atoms. The predicted octanol–water partition coefficient (Wildman–Crippen LogP) is 3.03. The van der Waals surface area contributed by atoms with Crippen molar-refractivity contribution in [3.8, 4) is 0 Å². The maximum atomic E-state index is 6.62. The van der Waals surface area contributed by atoms with Gasteiger partial charge in [-0.05, 0) is 44.2 Å². The molecule has 0 aliphatic heterocycles. The average molecular weight is 262 g/mol. The monoisotopic (exact) mass is 262 g/mol. The van der Waals surface area contributed by atoms with Gasteiger partial charge in [0.1, 0.15) is 0 Å². The van der Waals surface area contributed by atoms with Crippen molar-refractivity contribution in [3.05, 3.63) is 29.6 Å². The third-order valence-corrected chi connectivity index (χ3v) is 4.67. The first-order chi connectivity index (χ1) is 9.18. The van der Waals surface area contributed by atoms with Gasteiger partial charge in [-0.3, -0.25) is 4.98 Å². The summed E-state index contributed by atoms with van der Waals surface area (Å²) in [6, 6.07) is 4.22. The molecule has 1 heterocycles. The van der Waals surface area contributed by atoms with Crippen LogP contribution >= 0.6 is 0 Å². The molecule has 1 aromatic heterocycles. The summed E-state index contributed by atoms with van der Waals surface area (Å²) in [5.74, 6) is 0.336. The molecule has 3 heteroatoms. The van der Waals surface area contributed by atoms with Crippen molar-refractivity contribution in [2.75, 3.05) is 6.61 Å².